The molecule has 0 N–H and O–H groups in total. The van der Waals surface area contributed by atoms with Gasteiger partial charge in [0, 0.05) is 4.88 Å². The van der Waals surface area contributed by atoms with Gasteiger partial charge in [0.25, 0.3) is 0 Å². The molecule has 0 aliphatic heterocycles. The van der Waals surface area contributed by atoms with E-state index in [1.165, 1.54) is 5.56 Å². The molecule has 0 amide bonds. The van der Waals surface area contributed by atoms with Gasteiger partial charge >= 0.3 is 0 Å². The summed E-state index contributed by atoms with van der Waals surface area (Å²) in [7, 11) is 0. The number of thiophene rings is 1. The number of aryl methyl sites for hydroxylation is 1. The molecule has 0 radical (unpaired) electrons. The van der Waals surface area contributed by atoms with E-state index in [2.05, 4.69) is 6.07 Å². The molecule has 0 saturated heterocycles. The van der Waals surface area contributed by atoms with Crippen molar-refractivity contribution in [3.05, 3.63) is 57.8 Å². The Kier molecular flexibility index (Phi) is 2.97. The van der Waals surface area contributed by atoms with E-state index >= 15 is 0 Å². The van der Waals surface area contributed by atoms with Crippen molar-refractivity contribution in [3.63, 3.8) is 0 Å². The molecule has 0 spiro atoms. The van der Waals surface area contributed by atoms with Crippen molar-refractivity contribution in [2.75, 3.05) is 0 Å². The normalized spacial score (nSPS) is 12.3. The number of rotatable bonds is 3. The minimum atomic E-state index is -0.105. The predicted octanol–water partition coefficient (Wildman–Crippen LogP) is 3.39. The summed E-state index contributed by atoms with van der Waals surface area (Å²) in [4.78, 5) is 12.3. The average Bonchev–Trinajstić information content (AvgIpc) is 2.68. The molecule has 2 rings (SSSR count). The first-order valence-electron chi connectivity index (χ1n) is 4.87. The summed E-state index contributed by atoms with van der Waals surface area (Å²) in [6, 6.07) is 12.0. The van der Waals surface area contributed by atoms with E-state index < -0.39 is 0 Å². The average molecular weight is 216 g/mol. The van der Waals surface area contributed by atoms with Crippen molar-refractivity contribution in [1.29, 1.82) is 0 Å². The molecule has 0 aliphatic carbocycles. The van der Waals surface area contributed by atoms with Gasteiger partial charge in [-0.1, -0.05) is 30.3 Å². The largest absolute Gasteiger partial charge is 0.302 e. The van der Waals surface area contributed by atoms with Gasteiger partial charge in [-0.25, -0.2) is 0 Å². The van der Waals surface area contributed by atoms with Gasteiger partial charge in [0.2, 0.25) is 0 Å². The predicted molar refractivity (Wildman–Crippen MR) is 63.4 cm³/mol. The molecule has 1 heterocycles. The smallest absolute Gasteiger partial charge is 0.132 e. The fourth-order valence-electron chi connectivity index (χ4n) is 1.66. The Morgan fingerprint density at radius 3 is 2.47 bits per heavy atom. The Bertz CT molecular complexity index is 445. The van der Waals surface area contributed by atoms with Crippen LogP contribution < -0.4 is 0 Å². The quantitative estimate of drug-likeness (QED) is 0.719. The maximum Gasteiger partial charge on any atom is 0.132 e. The van der Waals surface area contributed by atoms with E-state index in [-0.39, 0.29) is 5.92 Å². The zero-order chi connectivity index (χ0) is 10.7. The molecule has 0 aliphatic rings. The molecule has 1 atom stereocenters. The summed E-state index contributed by atoms with van der Waals surface area (Å²) >= 11 is 1.65. The summed E-state index contributed by atoms with van der Waals surface area (Å²) in [5.74, 6) is -0.105. The molecule has 0 saturated carbocycles. The molecule has 0 bridgehead atoms. The van der Waals surface area contributed by atoms with Crippen LogP contribution in [0, 0.1) is 6.92 Å². The van der Waals surface area contributed by atoms with Crippen LogP contribution in [0.15, 0.2) is 41.8 Å². The maximum atomic E-state index is 11.2. The number of carbonyl (C=O) groups is 1. The Morgan fingerprint density at radius 1 is 1.20 bits per heavy atom. The number of carbonyl (C=O) groups excluding carboxylic acids is 1. The van der Waals surface area contributed by atoms with Gasteiger partial charge in [0.05, 0.1) is 5.92 Å². The summed E-state index contributed by atoms with van der Waals surface area (Å²) in [6.45, 7) is 2.05. The van der Waals surface area contributed by atoms with Crippen LogP contribution >= 0.6 is 11.3 Å². The second-order valence-corrected chi connectivity index (χ2v) is 4.44. The highest BCUT2D eigenvalue weighted by atomic mass is 32.1. The van der Waals surface area contributed by atoms with E-state index in [1.54, 1.807) is 11.3 Å². The molecule has 1 nitrogen and oxygen atoms in total. The van der Waals surface area contributed by atoms with Gasteiger partial charge < -0.3 is 4.79 Å². The van der Waals surface area contributed by atoms with Crippen LogP contribution in [0.3, 0.4) is 0 Å². The van der Waals surface area contributed by atoms with Gasteiger partial charge in [0.1, 0.15) is 6.29 Å². The summed E-state index contributed by atoms with van der Waals surface area (Å²) in [6.07, 6.45) is 1.02. The highest BCUT2D eigenvalue weighted by Crippen LogP contribution is 2.29. The molecule has 1 aromatic heterocycles. The van der Waals surface area contributed by atoms with Crippen LogP contribution in [-0.4, -0.2) is 6.29 Å². The summed E-state index contributed by atoms with van der Waals surface area (Å²) in [5.41, 5.74) is 2.26. The first-order valence-corrected chi connectivity index (χ1v) is 5.75. The topological polar surface area (TPSA) is 17.1 Å². The van der Waals surface area contributed by atoms with Crippen molar-refractivity contribution in [3.8, 4) is 0 Å². The molecule has 76 valence electrons. The van der Waals surface area contributed by atoms with Crippen LogP contribution in [-0.2, 0) is 4.79 Å². The van der Waals surface area contributed by atoms with E-state index in [0.717, 1.165) is 16.7 Å². The molecule has 2 aromatic rings. The fourth-order valence-corrected chi connectivity index (χ4v) is 2.67. The molecule has 2 heteroatoms. The molecule has 0 fully saturated rings. The van der Waals surface area contributed by atoms with E-state index in [1.807, 2.05) is 42.6 Å². The monoisotopic (exact) mass is 216 g/mol. The first-order chi connectivity index (χ1) is 7.33. The minimum absolute atomic E-state index is 0.105. The number of hydrogen-bond donors (Lipinski definition) is 0. The van der Waals surface area contributed by atoms with Gasteiger partial charge in [-0.2, -0.15) is 0 Å². The summed E-state index contributed by atoms with van der Waals surface area (Å²) in [5, 5.41) is 2.03. The Balaban J connectivity index is 2.42. The third-order valence-corrected chi connectivity index (χ3v) is 3.58. The molecule has 1 unspecified atom stereocenters. The van der Waals surface area contributed by atoms with Crippen LogP contribution in [0.5, 0.6) is 0 Å². The maximum absolute atomic E-state index is 11.2. The Hall–Kier alpha value is -1.41. The van der Waals surface area contributed by atoms with Crippen molar-refractivity contribution in [2.24, 2.45) is 0 Å². The van der Waals surface area contributed by atoms with Crippen molar-refractivity contribution >= 4 is 17.6 Å². The Morgan fingerprint density at radius 2 is 1.93 bits per heavy atom. The second-order valence-electron chi connectivity index (χ2n) is 3.49. The van der Waals surface area contributed by atoms with Gasteiger partial charge in [-0.15, -0.1) is 11.3 Å². The molecular formula is C13H12OS. The van der Waals surface area contributed by atoms with Crippen LogP contribution in [0.1, 0.15) is 21.9 Å². The lowest BCUT2D eigenvalue weighted by molar-refractivity contribution is -0.108. The van der Waals surface area contributed by atoms with Gasteiger partial charge in [-0.05, 0) is 29.5 Å². The number of aldehydes is 1. The first kappa shape index (κ1) is 10.1. The number of benzene rings is 1. The highest BCUT2D eigenvalue weighted by Gasteiger charge is 2.15. The number of hydrogen-bond acceptors (Lipinski definition) is 2. The summed E-state index contributed by atoms with van der Waals surface area (Å²) < 4.78 is 0. The van der Waals surface area contributed by atoms with Gasteiger partial charge in [-0.3, -0.25) is 0 Å². The van der Waals surface area contributed by atoms with Crippen molar-refractivity contribution < 1.29 is 4.79 Å². The van der Waals surface area contributed by atoms with E-state index in [0.29, 0.717) is 0 Å². The molecular weight excluding hydrogens is 204 g/mol. The zero-order valence-corrected chi connectivity index (χ0v) is 9.33. The van der Waals surface area contributed by atoms with Crippen molar-refractivity contribution in [1.82, 2.24) is 0 Å². The second kappa shape index (κ2) is 4.41. The van der Waals surface area contributed by atoms with E-state index in [9.17, 15) is 4.79 Å². The molecule has 1 aromatic carbocycles. The minimum Gasteiger partial charge on any atom is -0.302 e. The molecule has 15 heavy (non-hydrogen) atoms. The van der Waals surface area contributed by atoms with Gasteiger partial charge in [0.15, 0.2) is 0 Å². The van der Waals surface area contributed by atoms with E-state index in [4.69, 9.17) is 0 Å². The Labute approximate surface area is 93.4 Å². The highest BCUT2D eigenvalue weighted by molar-refractivity contribution is 7.10. The fraction of sp³-hybridized carbons (Fsp3) is 0.154. The zero-order valence-electron chi connectivity index (χ0n) is 8.51. The SMILES string of the molecule is Cc1ccsc1C(C=O)c1ccccc1. The lowest BCUT2D eigenvalue weighted by atomic mass is 9.97. The lowest BCUT2D eigenvalue weighted by Crippen LogP contribution is -2.01. The third-order valence-electron chi connectivity index (χ3n) is 2.48. The lowest BCUT2D eigenvalue weighted by Gasteiger charge is -2.09. The van der Waals surface area contributed by atoms with Crippen LogP contribution in [0.4, 0.5) is 0 Å². The third kappa shape index (κ3) is 2.00. The van der Waals surface area contributed by atoms with Crippen molar-refractivity contribution in [2.45, 2.75) is 12.8 Å². The van der Waals surface area contributed by atoms with Crippen LogP contribution in [0.2, 0.25) is 0 Å². The van der Waals surface area contributed by atoms with Crippen LogP contribution in [0.25, 0.3) is 0 Å². The standard InChI is InChI=1S/C13H12OS/c1-10-7-8-15-13(10)12(9-14)11-5-3-2-4-6-11/h2-9,12H,1H3.